The van der Waals surface area contributed by atoms with Gasteiger partial charge in [-0.25, -0.2) is 0 Å². The molecule has 110 valence electrons. The SMILES string of the molecule is CC(=O)C(C(=O)C(=O)C=O)(c1ccccc1)c1ccccc1. The normalized spacial score (nSPS) is 10.8. The van der Waals surface area contributed by atoms with Gasteiger partial charge in [-0.05, 0) is 18.1 Å². The third-order valence-corrected chi connectivity index (χ3v) is 3.61. The van der Waals surface area contributed by atoms with Crippen molar-refractivity contribution in [1.29, 1.82) is 0 Å². The molecule has 0 bridgehead atoms. The van der Waals surface area contributed by atoms with Crippen LogP contribution in [0.2, 0.25) is 0 Å². The van der Waals surface area contributed by atoms with Crippen LogP contribution in [0, 0.1) is 0 Å². The van der Waals surface area contributed by atoms with Gasteiger partial charge in [0.25, 0.3) is 5.78 Å². The molecule has 0 aliphatic carbocycles. The monoisotopic (exact) mass is 294 g/mol. The molecule has 2 aromatic carbocycles. The highest BCUT2D eigenvalue weighted by Gasteiger charge is 2.49. The van der Waals surface area contributed by atoms with Crippen LogP contribution >= 0.6 is 0 Å². The molecule has 0 aromatic heterocycles. The molecule has 4 heteroatoms. The Hall–Kier alpha value is -2.88. The summed E-state index contributed by atoms with van der Waals surface area (Å²) in [4.78, 5) is 47.6. The first-order valence-corrected chi connectivity index (χ1v) is 6.71. The van der Waals surface area contributed by atoms with E-state index in [-0.39, 0.29) is 6.29 Å². The zero-order valence-electron chi connectivity index (χ0n) is 12.0. The van der Waals surface area contributed by atoms with Gasteiger partial charge in [0, 0.05) is 0 Å². The second kappa shape index (κ2) is 6.26. The van der Waals surface area contributed by atoms with E-state index >= 15 is 0 Å². The van der Waals surface area contributed by atoms with Crippen LogP contribution in [0.25, 0.3) is 0 Å². The van der Waals surface area contributed by atoms with Crippen LogP contribution in [0.15, 0.2) is 60.7 Å². The average molecular weight is 294 g/mol. The molecular weight excluding hydrogens is 280 g/mol. The average Bonchev–Trinajstić information content (AvgIpc) is 2.56. The first kappa shape index (κ1) is 15.5. The molecule has 0 heterocycles. The fraction of sp³-hybridized carbons (Fsp3) is 0.111. The quantitative estimate of drug-likeness (QED) is 0.463. The lowest BCUT2D eigenvalue weighted by Gasteiger charge is -2.29. The molecular formula is C18H14O4. The van der Waals surface area contributed by atoms with E-state index in [2.05, 4.69) is 0 Å². The molecule has 4 nitrogen and oxygen atoms in total. The van der Waals surface area contributed by atoms with Gasteiger partial charge in [-0.3, -0.25) is 19.2 Å². The maximum absolute atomic E-state index is 12.6. The molecule has 22 heavy (non-hydrogen) atoms. The topological polar surface area (TPSA) is 68.3 Å². The highest BCUT2D eigenvalue weighted by Crippen LogP contribution is 2.34. The van der Waals surface area contributed by atoms with Crippen molar-refractivity contribution in [3.8, 4) is 0 Å². The van der Waals surface area contributed by atoms with E-state index in [4.69, 9.17) is 0 Å². The van der Waals surface area contributed by atoms with Gasteiger partial charge in [-0.15, -0.1) is 0 Å². The maximum Gasteiger partial charge on any atom is 0.262 e. The highest BCUT2D eigenvalue weighted by molar-refractivity contribution is 6.62. The van der Waals surface area contributed by atoms with Crippen molar-refractivity contribution in [3.05, 3.63) is 71.8 Å². The molecule has 0 saturated carbocycles. The minimum atomic E-state index is -1.79. The summed E-state index contributed by atoms with van der Waals surface area (Å²) < 4.78 is 0. The van der Waals surface area contributed by atoms with Gasteiger partial charge < -0.3 is 0 Å². The van der Waals surface area contributed by atoms with Crippen molar-refractivity contribution in [2.24, 2.45) is 0 Å². The number of carbonyl (C=O) groups excluding carboxylic acids is 4. The first-order chi connectivity index (χ1) is 10.5. The molecule has 0 N–H and O–H groups in total. The summed E-state index contributed by atoms with van der Waals surface area (Å²) in [6.07, 6.45) is -0.0497. The molecule has 0 aliphatic rings. The van der Waals surface area contributed by atoms with Crippen molar-refractivity contribution in [2.75, 3.05) is 0 Å². The van der Waals surface area contributed by atoms with E-state index < -0.39 is 22.8 Å². The van der Waals surface area contributed by atoms with Crippen molar-refractivity contribution < 1.29 is 19.2 Å². The van der Waals surface area contributed by atoms with Gasteiger partial charge in [-0.2, -0.15) is 0 Å². The molecule has 2 rings (SSSR count). The molecule has 0 spiro atoms. The molecule has 0 saturated heterocycles. The number of benzene rings is 2. The fourth-order valence-corrected chi connectivity index (χ4v) is 2.61. The zero-order valence-corrected chi connectivity index (χ0v) is 12.0. The standard InChI is InChI=1S/C18H14O4/c1-13(20)18(17(22)16(21)12-19,14-8-4-2-5-9-14)15-10-6-3-7-11-15/h2-12H,1H3. The second-order valence-electron chi connectivity index (χ2n) is 4.85. The largest absolute Gasteiger partial charge is 0.298 e. The van der Waals surface area contributed by atoms with Crippen molar-refractivity contribution >= 4 is 23.6 Å². The summed E-state index contributed by atoms with van der Waals surface area (Å²) in [6.45, 7) is 1.25. The van der Waals surface area contributed by atoms with Crippen LogP contribution in [0.1, 0.15) is 18.1 Å². The van der Waals surface area contributed by atoms with Gasteiger partial charge in [0.1, 0.15) is 5.41 Å². The maximum atomic E-state index is 12.6. The van der Waals surface area contributed by atoms with Crippen LogP contribution < -0.4 is 0 Å². The Bertz CT molecular complexity index is 678. The molecule has 2 aromatic rings. The number of hydrogen-bond donors (Lipinski definition) is 0. The summed E-state index contributed by atoms with van der Waals surface area (Å²) in [5.41, 5.74) is -1.05. The predicted molar refractivity (Wildman–Crippen MR) is 80.4 cm³/mol. The molecule has 0 aliphatic heterocycles. The summed E-state index contributed by atoms with van der Waals surface area (Å²) in [6, 6.07) is 16.6. The van der Waals surface area contributed by atoms with Crippen molar-refractivity contribution in [3.63, 3.8) is 0 Å². The molecule has 0 unspecified atom stereocenters. The fourth-order valence-electron chi connectivity index (χ4n) is 2.61. The number of rotatable bonds is 6. The Balaban J connectivity index is 2.83. The van der Waals surface area contributed by atoms with Gasteiger partial charge in [-0.1, -0.05) is 60.7 Å². The first-order valence-electron chi connectivity index (χ1n) is 6.71. The van der Waals surface area contributed by atoms with Crippen LogP contribution in [0.3, 0.4) is 0 Å². The minimum Gasteiger partial charge on any atom is -0.298 e. The highest BCUT2D eigenvalue weighted by atomic mass is 16.2. The van der Waals surface area contributed by atoms with E-state index in [0.717, 1.165) is 0 Å². The second-order valence-corrected chi connectivity index (χ2v) is 4.85. The predicted octanol–water partition coefficient (Wildman–Crippen LogP) is 1.90. The summed E-state index contributed by atoms with van der Waals surface area (Å²) in [5, 5.41) is 0. The van der Waals surface area contributed by atoms with E-state index in [1.165, 1.54) is 6.92 Å². The van der Waals surface area contributed by atoms with Gasteiger partial charge in [0.15, 0.2) is 12.1 Å². The third kappa shape index (κ3) is 2.39. The number of ketones is 3. The molecule has 0 radical (unpaired) electrons. The number of Topliss-reactive ketones (excluding diaryl/α,β-unsaturated/α-hetero) is 3. The van der Waals surface area contributed by atoms with Gasteiger partial charge in [0.05, 0.1) is 0 Å². The Morgan fingerprint density at radius 1 is 0.818 bits per heavy atom. The number of hydrogen-bond acceptors (Lipinski definition) is 4. The van der Waals surface area contributed by atoms with E-state index in [0.29, 0.717) is 11.1 Å². The van der Waals surface area contributed by atoms with Crippen LogP contribution in [0.4, 0.5) is 0 Å². The Morgan fingerprint density at radius 2 is 1.23 bits per heavy atom. The smallest absolute Gasteiger partial charge is 0.262 e. The third-order valence-electron chi connectivity index (χ3n) is 3.61. The Morgan fingerprint density at radius 3 is 1.55 bits per heavy atom. The summed E-state index contributed by atoms with van der Waals surface area (Å²) in [5.74, 6) is -2.76. The van der Waals surface area contributed by atoms with E-state index in [1.807, 2.05) is 0 Å². The zero-order chi connectivity index (χ0) is 16.2. The Labute approximate surface area is 127 Å². The van der Waals surface area contributed by atoms with Crippen LogP contribution in [-0.2, 0) is 24.6 Å². The summed E-state index contributed by atoms with van der Waals surface area (Å²) >= 11 is 0. The minimum absolute atomic E-state index is 0.0497. The van der Waals surface area contributed by atoms with E-state index in [1.54, 1.807) is 60.7 Å². The molecule has 0 amide bonds. The molecule has 0 fully saturated rings. The number of aldehydes is 1. The van der Waals surface area contributed by atoms with Crippen molar-refractivity contribution in [1.82, 2.24) is 0 Å². The lowest BCUT2D eigenvalue weighted by molar-refractivity contribution is -0.144. The number of carbonyl (C=O) groups is 4. The van der Waals surface area contributed by atoms with Gasteiger partial charge >= 0.3 is 0 Å². The van der Waals surface area contributed by atoms with Crippen molar-refractivity contribution in [2.45, 2.75) is 12.3 Å². The molecule has 0 atom stereocenters. The van der Waals surface area contributed by atoms with Crippen LogP contribution in [-0.4, -0.2) is 23.6 Å². The lowest BCUT2D eigenvalue weighted by atomic mass is 9.67. The lowest BCUT2D eigenvalue weighted by Crippen LogP contribution is -2.47. The van der Waals surface area contributed by atoms with E-state index in [9.17, 15) is 19.2 Å². The summed E-state index contributed by atoms with van der Waals surface area (Å²) in [7, 11) is 0. The Kier molecular flexibility index (Phi) is 4.41. The van der Waals surface area contributed by atoms with Gasteiger partial charge in [0.2, 0.25) is 5.78 Å². The van der Waals surface area contributed by atoms with Crippen LogP contribution in [0.5, 0.6) is 0 Å².